The molecule has 23 heteroatoms. The number of aliphatic carboxylic acids is 2. The fourth-order valence-electron chi connectivity index (χ4n) is 5.89. The SMILES string of the molecule is CC(=O)OCC1=C(C(=O)O)N2C(=O)[C@@H](CC(=O)Cc3ccccc3)[C@H]2SC1.CC(=O)OCC1=C(C(=O)O)N2C(=O)[C@@H](N)[C@H]2SC1.O=C(Cl)Cc1ccccc1.O=CO[O-].[H-].[Na+].[Na+]. The van der Waals surface area contributed by atoms with Crippen molar-refractivity contribution >= 4 is 88.3 Å². The number of nitrogens with zero attached hydrogens (tertiary/aromatic N) is 2. The molecule has 4 atom stereocenters. The average Bonchev–Trinajstić information content (AvgIpc) is 3.21. The molecule has 0 spiro atoms. The molecular formula is C38H40ClN3Na2O15S2. The molecule has 4 N–H and O–H groups in total. The minimum atomic E-state index is -1.23. The molecule has 0 bridgehead atoms. The number of carbonyl (C=O) groups excluding carboxylic acids is 7. The van der Waals surface area contributed by atoms with Crippen LogP contribution in [0, 0.1) is 5.92 Å². The van der Waals surface area contributed by atoms with Crippen LogP contribution in [0.5, 0.6) is 0 Å². The van der Waals surface area contributed by atoms with E-state index in [1.165, 1.54) is 47.2 Å². The van der Waals surface area contributed by atoms with Crippen LogP contribution in [0.3, 0.4) is 0 Å². The van der Waals surface area contributed by atoms with Gasteiger partial charge in [-0.1, -0.05) is 60.7 Å². The molecule has 0 aliphatic carbocycles. The van der Waals surface area contributed by atoms with Crippen molar-refractivity contribution in [3.05, 3.63) is 94.3 Å². The minimum Gasteiger partial charge on any atom is -1.00 e. The number of β-lactam (4-membered cyclic amide) rings is 2. The Kier molecular flexibility index (Phi) is 25.0. The molecule has 2 fully saturated rings. The number of carboxylic acids is 2. The summed E-state index contributed by atoms with van der Waals surface area (Å²) in [5.74, 6) is -4.07. The van der Waals surface area contributed by atoms with Crippen molar-refractivity contribution in [2.24, 2.45) is 11.7 Å². The number of esters is 2. The number of fused-ring (bicyclic) bond motifs is 2. The molecule has 0 radical (unpaired) electrons. The molecule has 0 unspecified atom stereocenters. The Labute approximate surface area is 408 Å². The average molecular weight is 924 g/mol. The van der Waals surface area contributed by atoms with E-state index in [0.29, 0.717) is 29.1 Å². The smallest absolute Gasteiger partial charge is 1.00 e. The largest absolute Gasteiger partial charge is 1.00 e. The maximum Gasteiger partial charge on any atom is 1.00 e. The van der Waals surface area contributed by atoms with Crippen LogP contribution in [0.4, 0.5) is 0 Å². The van der Waals surface area contributed by atoms with Gasteiger partial charge in [0, 0.05) is 55.8 Å². The Bertz CT molecular complexity index is 2000. The van der Waals surface area contributed by atoms with E-state index in [1.807, 2.05) is 60.7 Å². The number of thioether (sulfide) groups is 2. The molecule has 2 saturated heterocycles. The van der Waals surface area contributed by atoms with E-state index in [4.69, 9.17) is 42.0 Å². The predicted molar refractivity (Wildman–Crippen MR) is 209 cm³/mol. The van der Waals surface area contributed by atoms with Gasteiger partial charge in [-0.3, -0.25) is 43.4 Å². The number of carboxylic acid groups (broad SMARTS) is 2. The summed E-state index contributed by atoms with van der Waals surface area (Å²) in [5.41, 5.74) is 8.01. The van der Waals surface area contributed by atoms with E-state index in [9.17, 15) is 43.5 Å². The number of nitrogens with two attached hydrogens (primary N) is 1. The maximum atomic E-state index is 12.5. The number of halogens is 1. The molecule has 0 aromatic heterocycles. The van der Waals surface area contributed by atoms with Crippen molar-refractivity contribution in [1.29, 1.82) is 0 Å². The quantitative estimate of drug-likeness (QED) is 0.0324. The van der Waals surface area contributed by atoms with Crippen LogP contribution in [-0.2, 0) is 70.4 Å². The van der Waals surface area contributed by atoms with Crippen molar-refractivity contribution in [3.63, 3.8) is 0 Å². The zero-order chi connectivity index (χ0) is 43.8. The van der Waals surface area contributed by atoms with Crippen LogP contribution < -0.4 is 70.1 Å². The summed E-state index contributed by atoms with van der Waals surface area (Å²) in [6, 6.07) is 18.1. The molecule has 2 amide bonds. The Morgan fingerprint density at radius 3 is 1.59 bits per heavy atom. The molecule has 318 valence electrons. The van der Waals surface area contributed by atoms with Gasteiger partial charge in [-0.25, -0.2) is 9.59 Å². The van der Waals surface area contributed by atoms with Crippen molar-refractivity contribution < 1.29 is 134 Å². The third-order valence-electron chi connectivity index (χ3n) is 8.47. The van der Waals surface area contributed by atoms with E-state index in [0.717, 1.165) is 11.1 Å². The first-order valence-electron chi connectivity index (χ1n) is 17.3. The Hall–Kier alpha value is -3.54. The fraction of sp³-hybridized carbons (Fsp3) is 0.342. The third kappa shape index (κ3) is 16.3. The van der Waals surface area contributed by atoms with Crippen molar-refractivity contribution in [3.8, 4) is 0 Å². The summed E-state index contributed by atoms with van der Waals surface area (Å²) >= 11 is 7.94. The molecule has 4 heterocycles. The normalized spacial score (nSPS) is 19.2. The molecule has 4 aliphatic rings. The number of ketones is 1. The molecule has 61 heavy (non-hydrogen) atoms. The van der Waals surface area contributed by atoms with E-state index < -0.39 is 41.7 Å². The van der Waals surface area contributed by atoms with E-state index in [1.54, 1.807) is 0 Å². The van der Waals surface area contributed by atoms with Gasteiger partial charge in [0.25, 0.3) is 6.47 Å². The number of rotatable bonds is 13. The molecule has 2 aromatic rings. The first kappa shape index (κ1) is 55.5. The standard InChI is InChI=1S/C19H19NO6S.C10H12N2O5S.C8H7ClO.CH2O3.2Na.H/c1-11(21)26-9-13-10-27-18-15(17(23)20(18)16(13)19(24)25)8-14(22)7-12-5-3-2-4-6-12;1-4(13)17-2-5-3-18-9-6(11)8(14)12(9)7(5)10(15)16;9-8(10)6-7-4-2-1-3-5-7;2-1-4-3;;;/h2-6,15,18H,7-10H2,1H3,(H,24,25);6,9H,2-3,11H2,1H3,(H,15,16);1-5H,6H2;1,3H;;;/q;;;;2*+1;-1/p-1/t15-,18-;6-,9-;;;;;/m11...../s1. The van der Waals surface area contributed by atoms with Gasteiger partial charge in [-0.2, -0.15) is 0 Å². The van der Waals surface area contributed by atoms with Crippen LogP contribution in [0.2, 0.25) is 0 Å². The number of Topliss-reactive ketones (excluding diaryl/α,β-unsaturated/α-hetero) is 1. The summed E-state index contributed by atoms with van der Waals surface area (Å²) < 4.78 is 9.69. The zero-order valence-corrected chi connectivity index (χ0v) is 39.9. The molecule has 2 aromatic carbocycles. The molecule has 6 rings (SSSR count). The van der Waals surface area contributed by atoms with Gasteiger partial charge in [0.05, 0.1) is 11.3 Å². The third-order valence-corrected chi connectivity index (χ3v) is 11.4. The van der Waals surface area contributed by atoms with Crippen LogP contribution in [-0.4, -0.2) is 115 Å². The van der Waals surface area contributed by atoms with Gasteiger partial charge in [0.1, 0.15) is 41.8 Å². The first-order valence-corrected chi connectivity index (χ1v) is 19.8. The van der Waals surface area contributed by atoms with Crippen LogP contribution >= 0.6 is 35.1 Å². The number of carbonyl (C=O) groups is 9. The first-order chi connectivity index (χ1) is 28.0. The number of benzene rings is 2. The fourth-order valence-corrected chi connectivity index (χ4v) is 8.72. The molecule has 0 saturated carbocycles. The Morgan fingerprint density at radius 2 is 1.20 bits per heavy atom. The summed E-state index contributed by atoms with van der Waals surface area (Å²) in [7, 11) is 0. The summed E-state index contributed by atoms with van der Waals surface area (Å²) in [4.78, 5) is 105. The van der Waals surface area contributed by atoms with E-state index >= 15 is 0 Å². The summed E-state index contributed by atoms with van der Waals surface area (Å²) in [6.07, 6.45) is 0.664. The van der Waals surface area contributed by atoms with Gasteiger partial charge in [-0.05, 0) is 22.7 Å². The van der Waals surface area contributed by atoms with Gasteiger partial charge in [0.2, 0.25) is 17.1 Å². The maximum absolute atomic E-state index is 12.5. The molecule has 18 nitrogen and oxygen atoms in total. The Balaban J connectivity index is 0.000000918. The van der Waals surface area contributed by atoms with Gasteiger partial charge < -0.3 is 37.0 Å². The second-order valence-corrected chi connectivity index (χ2v) is 15.3. The number of hydrogen-bond acceptors (Lipinski definition) is 16. The number of amides is 2. The Morgan fingerprint density at radius 1 is 0.787 bits per heavy atom. The second kappa shape index (κ2) is 27.5. The van der Waals surface area contributed by atoms with Crippen LogP contribution in [0.25, 0.3) is 0 Å². The van der Waals surface area contributed by atoms with E-state index in [-0.39, 0.29) is 132 Å². The van der Waals surface area contributed by atoms with Gasteiger partial charge in [0.15, 0.2) is 0 Å². The van der Waals surface area contributed by atoms with Crippen LogP contribution in [0.1, 0.15) is 32.8 Å². The van der Waals surface area contributed by atoms with Gasteiger partial charge in [-0.15, -0.1) is 23.5 Å². The second-order valence-electron chi connectivity index (χ2n) is 12.6. The molecule has 4 aliphatic heterocycles. The van der Waals surface area contributed by atoms with Crippen molar-refractivity contribution in [1.82, 2.24) is 9.80 Å². The zero-order valence-electron chi connectivity index (χ0n) is 34.5. The predicted octanol–water partition coefficient (Wildman–Crippen LogP) is -4.70. The topological polar surface area (TPSA) is 277 Å². The van der Waals surface area contributed by atoms with Crippen molar-refractivity contribution in [2.45, 2.75) is 49.9 Å². The van der Waals surface area contributed by atoms with Crippen molar-refractivity contribution in [2.75, 3.05) is 24.7 Å². The number of hydrogen-bond donors (Lipinski definition) is 3. The monoisotopic (exact) mass is 923 g/mol. The molecular weight excluding hydrogens is 884 g/mol. The number of ether oxygens (including phenoxy) is 2. The summed E-state index contributed by atoms with van der Waals surface area (Å²) in [6.45, 7) is 2.03. The summed E-state index contributed by atoms with van der Waals surface area (Å²) in [5, 5.41) is 26.1. The van der Waals surface area contributed by atoms with Crippen LogP contribution in [0.15, 0.2) is 83.2 Å². The minimum absolute atomic E-state index is 0. The van der Waals surface area contributed by atoms with Gasteiger partial charge >= 0.3 is 83.0 Å². The van der Waals surface area contributed by atoms with E-state index in [2.05, 4.69) is 4.89 Å².